The number of amides is 1. The van der Waals surface area contributed by atoms with Gasteiger partial charge in [-0.2, -0.15) is 5.10 Å². The van der Waals surface area contributed by atoms with Gasteiger partial charge in [-0.05, 0) is 23.8 Å². The summed E-state index contributed by atoms with van der Waals surface area (Å²) in [5, 5.41) is 6.56. The van der Waals surface area contributed by atoms with Gasteiger partial charge in [-0.15, -0.1) is 0 Å². The number of rotatable bonds is 3. The number of hydrogen-bond acceptors (Lipinski definition) is 5. The lowest BCUT2D eigenvalue weighted by Crippen LogP contribution is -2.48. The van der Waals surface area contributed by atoms with Gasteiger partial charge < -0.3 is 14.4 Å². The lowest BCUT2D eigenvalue weighted by molar-refractivity contribution is 0.0622. The van der Waals surface area contributed by atoms with E-state index in [-0.39, 0.29) is 5.91 Å². The summed E-state index contributed by atoms with van der Waals surface area (Å²) in [4.78, 5) is 16.5. The van der Waals surface area contributed by atoms with Crippen LogP contribution in [-0.2, 0) is 6.54 Å². The molecule has 1 aromatic carbocycles. The number of carbonyl (C=O) groups is 1. The number of piperazine rings is 1. The maximum absolute atomic E-state index is 12.3. The Labute approximate surface area is 133 Å². The number of nitrogens with zero attached hydrogens (tertiary/aromatic N) is 3. The van der Waals surface area contributed by atoms with Crippen LogP contribution in [0.15, 0.2) is 30.5 Å². The van der Waals surface area contributed by atoms with Gasteiger partial charge in [-0.25, -0.2) is 0 Å². The molecule has 0 unspecified atom stereocenters. The van der Waals surface area contributed by atoms with E-state index < -0.39 is 0 Å². The molecule has 23 heavy (non-hydrogen) atoms. The van der Waals surface area contributed by atoms with Crippen molar-refractivity contribution in [3.8, 4) is 11.5 Å². The summed E-state index contributed by atoms with van der Waals surface area (Å²) in [7, 11) is 0. The summed E-state index contributed by atoms with van der Waals surface area (Å²) in [6.07, 6.45) is 1.60. The van der Waals surface area contributed by atoms with Crippen molar-refractivity contribution in [2.75, 3.05) is 33.0 Å². The van der Waals surface area contributed by atoms with E-state index in [9.17, 15) is 4.79 Å². The first-order chi connectivity index (χ1) is 11.3. The minimum Gasteiger partial charge on any atom is -0.454 e. The smallest absolute Gasteiger partial charge is 0.271 e. The van der Waals surface area contributed by atoms with E-state index in [1.807, 2.05) is 17.0 Å². The Balaban J connectivity index is 1.34. The molecule has 7 nitrogen and oxygen atoms in total. The van der Waals surface area contributed by atoms with E-state index in [0.29, 0.717) is 12.5 Å². The van der Waals surface area contributed by atoms with Crippen LogP contribution in [0.2, 0.25) is 0 Å². The highest BCUT2D eigenvalue weighted by atomic mass is 16.7. The van der Waals surface area contributed by atoms with Crippen LogP contribution < -0.4 is 9.47 Å². The van der Waals surface area contributed by atoms with Gasteiger partial charge in [0, 0.05) is 38.9 Å². The molecule has 7 heteroatoms. The Hall–Kier alpha value is -2.54. The summed E-state index contributed by atoms with van der Waals surface area (Å²) in [6, 6.07) is 7.76. The predicted octanol–water partition coefficient (Wildman–Crippen LogP) is 1.10. The van der Waals surface area contributed by atoms with Crippen LogP contribution in [0.1, 0.15) is 16.1 Å². The van der Waals surface area contributed by atoms with Crippen molar-refractivity contribution in [1.82, 2.24) is 20.0 Å². The molecule has 0 aliphatic carbocycles. The van der Waals surface area contributed by atoms with Crippen LogP contribution in [0, 0.1) is 0 Å². The van der Waals surface area contributed by atoms with E-state index >= 15 is 0 Å². The zero-order chi connectivity index (χ0) is 15.6. The Morgan fingerprint density at radius 2 is 1.96 bits per heavy atom. The van der Waals surface area contributed by atoms with Crippen LogP contribution in [-0.4, -0.2) is 58.9 Å². The van der Waals surface area contributed by atoms with Crippen LogP contribution in [0.25, 0.3) is 0 Å². The summed E-state index contributed by atoms with van der Waals surface area (Å²) < 4.78 is 10.7. The molecule has 2 aliphatic rings. The molecule has 1 saturated heterocycles. The molecule has 4 rings (SSSR count). The highest BCUT2D eigenvalue weighted by Gasteiger charge is 2.23. The fraction of sp³-hybridized carbons (Fsp3) is 0.375. The van der Waals surface area contributed by atoms with Gasteiger partial charge in [-0.1, -0.05) is 6.07 Å². The average molecular weight is 314 g/mol. The Morgan fingerprint density at radius 3 is 2.74 bits per heavy atom. The summed E-state index contributed by atoms with van der Waals surface area (Å²) in [5.74, 6) is 1.64. The van der Waals surface area contributed by atoms with E-state index in [4.69, 9.17) is 9.47 Å². The van der Waals surface area contributed by atoms with Crippen LogP contribution in [0.4, 0.5) is 0 Å². The second-order valence-corrected chi connectivity index (χ2v) is 5.73. The number of carbonyl (C=O) groups excluding carboxylic acids is 1. The molecule has 2 aromatic rings. The van der Waals surface area contributed by atoms with Gasteiger partial charge in [0.15, 0.2) is 11.5 Å². The van der Waals surface area contributed by atoms with Crippen molar-refractivity contribution in [3.05, 3.63) is 41.7 Å². The number of nitrogens with one attached hydrogen (secondary N) is 1. The molecule has 1 amide bonds. The molecule has 1 fully saturated rings. The maximum Gasteiger partial charge on any atom is 0.271 e. The van der Waals surface area contributed by atoms with E-state index in [1.54, 1.807) is 12.3 Å². The first-order valence-corrected chi connectivity index (χ1v) is 7.69. The number of aromatic amines is 1. The third-order valence-corrected chi connectivity index (χ3v) is 4.23. The molecule has 120 valence electrons. The third-order valence-electron chi connectivity index (χ3n) is 4.23. The minimum atomic E-state index is 0.0187. The molecular formula is C16H18N4O3. The van der Waals surface area contributed by atoms with Gasteiger partial charge in [-0.3, -0.25) is 14.8 Å². The molecule has 1 N–H and O–H groups in total. The number of aromatic nitrogens is 2. The summed E-state index contributed by atoms with van der Waals surface area (Å²) in [5.41, 5.74) is 1.75. The first kappa shape index (κ1) is 14.1. The summed E-state index contributed by atoms with van der Waals surface area (Å²) in [6.45, 7) is 4.31. The lowest BCUT2D eigenvalue weighted by Gasteiger charge is -2.34. The fourth-order valence-electron chi connectivity index (χ4n) is 2.95. The van der Waals surface area contributed by atoms with Gasteiger partial charge in [0.2, 0.25) is 6.79 Å². The summed E-state index contributed by atoms with van der Waals surface area (Å²) >= 11 is 0. The molecule has 0 atom stereocenters. The van der Waals surface area contributed by atoms with Crippen molar-refractivity contribution < 1.29 is 14.3 Å². The second kappa shape index (κ2) is 5.92. The molecule has 0 saturated carbocycles. The molecule has 1 aromatic heterocycles. The highest BCUT2D eigenvalue weighted by Crippen LogP contribution is 2.32. The second-order valence-electron chi connectivity index (χ2n) is 5.73. The topological polar surface area (TPSA) is 70.7 Å². The van der Waals surface area contributed by atoms with Gasteiger partial charge >= 0.3 is 0 Å². The van der Waals surface area contributed by atoms with E-state index in [1.165, 1.54) is 5.56 Å². The van der Waals surface area contributed by atoms with Crippen LogP contribution in [0.3, 0.4) is 0 Å². The Morgan fingerprint density at radius 1 is 1.13 bits per heavy atom. The number of fused-ring (bicyclic) bond motifs is 1. The average Bonchev–Trinajstić information content (AvgIpc) is 3.26. The molecule has 0 spiro atoms. The van der Waals surface area contributed by atoms with Crippen molar-refractivity contribution >= 4 is 5.91 Å². The van der Waals surface area contributed by atoms with Gasteiger partial charge in [0.25, 0.3) is 5.91 Å². The Bertz CT molecular complexity index is 693. The van der Waals surface area contributed by atoms with Crippen molar-refractivity contribution in [1.29, 1.82) is 0 Å². The van der Waals surface area contributed by atoms with Crippen molar-refractivity contribution in [2.45, 2.75) is 6.54 Å². The molecule has 3 heterocycles. The molecule has 0 bridgehead atoms. The van der Waals surface area contributed by atoms with Crippen LogP contribution >= 0.6 is 0 Å². The number of benzene rings is 1. The van der Waals surface area contributed by atoms with Crippen molar-refractivity contribution in [2.24, 2.45) is 0 Å². The maximum atomic E-state index is 12.3. The number of H-pyrrole nitrogens is 1. The van der Waals surface area contributed by atoms with E-state index in [0.717, 1.165) is 44.2 Å². The largest absolute Gasteiger partial charge is 0.454 e. The molecular weight excluding hydrogens is 296 g/mol. The van der Waals surface area contributed by atoms with Gasteiger partial charge in [0.1, 0.15) is 5.69 Å². The zero-order valence-corrected chi connectivity index (χ0v) is 12.7. The van der Waals surface area contributed by atoms with Crippen LogP contribution in [0.5, 0.6) is 11.5 Å². The minimum absolute atomic E-state index is 0.0187. The number of ether oxygens (including phenoxy) is 2. The SMILES string of the molecule is O=C(c1ccn[nH]1)N1CCN(Cc2ccc3c(c2)OCO3)CC1. The Kier molecular flexibility index (Phi) is 3.63. The lowest BCUT2D eigenvalue weighted by atomic mass is 10.1. The first-order valence-electron chi connectivity index (χ1n) is 7.69. The highest BCUT2D eigenvalue weighted by molar-refractivity contribution is 5.92. The van der Waals surface area contributed by atoms with Gasteiger partial charge in [0.05, 0.1) is 0 Å². The predicted molar refractivity (Wildman–Crippen MR) is 82.3 cm³/mol. The molecule has 2 aliphatic heterocycles. The fourth-order valence-corrected chi connectivity index (χ4v) is 2.95. The zero-order valence-electron chi connectivity index (χ0n) is 12.7. The molecule has 0 radical (unpaired) electrons. The van der Waals surface area contributed by atoms with Crippen molar-refractivity contribution in [3.63, 3.8) is 0 Å². The standard InChI is InChI=1S/C16H18N4O3/c21-16(13-3-4-17-18-13)20-7-5-19(6-8-20)10-12-1-2-14-15(9-12)23-11-22-14/h1-4,9H,5-8,10-11H2,(H,17,18). The quantitative estimate of drug-likeness (QED) is 0.918. The third kappa shape index (κ3) is 2.87. The van der Waals surface area contributed by atoms with E-state index in [2.05, 4.69) is 21.2 Å². The number of hydrogen-bond donors (Lipinski definition) is 1. The monoisotopic (exact) mass is 314 g/mol. The normalized spacial score (nSPS) is 17.5.